The number of likely N-dealkylation sites (N-methyl/N-ethyl adjacent to an activating group) is 1. The molecule has 0 aromatic heterocycles. The van der Waals surface area contributed by atoms with Crippen LogP contribution in [0.25, 0.3) is 0 Å². The first-order valence-electron chi connectivity index (χ1n) is 6.26. The Morgan fingerprint density at radius 3 is 2.44 bits per heavy atom. The zero-order valence-electron chi connectivity index (χ0n) is 11.6. The average molecular weight is 260 g/mol. The van der Waals surface area contributed by atoms with Crippen molar-refractivity contribution in [1.29, 1.82) is 0 Å². The number of rotatable bonds is 8. The smallest absolute Gasteiger partial charge is 0.326 e. The highest BCUT2D eigenvalue weighted by Gasteiger charge is 2.26. The molecule has 0 saturated heterocycles. The highest BCUT2D eigenvalue weighted by Crippen LogP contribution is 2.08. The monoisotopic (exact) mass is 260 g/mol. The summed E-state index contributed by atoms with van der Waals surface area (Å²) in [5.41, 5.74) is 0. The van der Waals surface area contributed by atoms with Crippen LogP contribution in [0.3, 0.4) is 0 Å². The minimum absolute atomic E-state index is 0.105. The summed E-state index contributed by atoms with van der Waals surface area (Å²) >= 11 is 0. The first-order valence-corrected chi connectivity index (χ1v) is 6.26. The van der Waals surface area contributed by atoms with Gasteiger partial charge in [-0.05, 0) is 12.8 Å². The molecule has 0 heterocycles. The molecular weight excluding hydrogens is 236 g/mol. The third-order valence-corrected chi connectivity index (χ3v) is 2.88. The summed E-state index contributed by atoms with van der Waals surface area (Å²) < 4.78 is 5.14. The number of amides is 2. The van der Waals surface area contributed by atoms with E-state index < -0.39 is 12.0 Å². The van der Waals surface area contributed by atoms with Gasteiger partial charge in [0.05, 0.1) is 6.61 Å². The van der Waals surface area contributed by atoms with Gasteiger partial charge in [-0.1, -0.05) is 20.3 Å². The van der Waals surface area contributed by atoms with Crippen LogP contribution in [0.5, 0.6) is 0 Å². The topological polar surface area (TPSA) is 78.9 Å². The van der Waals surface area contributed by atoms with E-state index in [0.717, 1.165) is 0 Å². The van der Waals surface area contributed by atoms with Crippen molar-refractivity contribution in [2.24, 2.45) is 5.92 Å². The van der Waals surface area contributed by atoms with Crippen LogP contribution in [0.15, 0.2) is 0 Å². The summed E-state index contributed by atoms with van der Waals surface area (Å²) in [6.07, 6.45) is 0.694. The van der Waals surface area contributed by atoms with Crippen molar-refractivity contribution in [3.8, 4) is 0 Å². The van der Waals surface area contributed by atoms with E-state index in [0.29, 0.717) is 26.2 Å². The van der Waals surface area contributed by atoms with Crippen molar-refractivity contribution >= 4 is 12.0 Å². The van der Waals surface area contributed by atoms with Gasteiger partial charge in [-0.15, -0.1) is 0 Å². The number of hydrogen-bond donors (Lipinski definition) is 2. The highest BCUT2D eigenvalue weighted by molar-refractivity contribution is 5.82. The molecule has 106 valence electrons. The predicted molar refractivity (Wildman–Crippen MR) is 68.5 cm³/mol. The Morgan fingerprint density at radius 1 is 1.39 bits per heavy atom. The standard InChI is InChI=1S/C12H24N2O4/c1-5-9(3)10(11(15)16)13-12(17)14(4)7-8-18-6-2/h9-10H,5-8H2,1-4H3,(H,13,17)(H,15,16)/t9?,10-/m0/s1. The van der Waals surface area contributed by atoms with E-state index >= 15 is 0 Å². The van der Waals surface area contributed by atoms with E-state index in [1.807, 2.05) is 13.8 Å². The molecule has 2 atom stereocenters. The molecule has 0 aromatic carbocycles. The number of carboxylic acids is 1. The Morgan fingerprint density at radius 2 is 2.00 bits per heavy atom. The van der Waals surface area contributed by atoms with Crippen molar-refractivity contribution in [1.82, 2.24) is 10.2 Å². The first kappa shape index (κ1) is 16.7. The zero-order valence-corrected chi connectivity index (χ0v) is 11.6. The number of urea groups is 1. The summed E-state index contributed by atoms with van der Waals surface area (Å²) in [5.74, 6) is -1.11. The number of hydrogen-bond acceptors (Lipinski definition) is 3. The van der Waals surface area contributed by atoms with Crippen LogP contribution in [-0.4, -0.2) is 54.9 Å². The second kappa shape index (κ2) is 8.74. The van der Waals surface area contributed by atoms with Crippen molar-refractivity contribution in [3.05, 3.63) is 0 Å². The van der Waals surface area contributed by atoms with Gasteiger partial charge in [0, 0.05) is 20.2 Å². The Bertz CT molecular complexity index is 271. The number of aliphatic carboxylic acids is 1. The molecule has 0 saturated carbocycles. The molecule has 0 bridgehead atoms. The lowest BCUT2D eigenvalue weighted by molar-refractivity contribution is -0.140. The minimum atomic E-state index is -1.00. The maximum Gasteiger partial charge on any atom is 0.326 e. The van der Waals surface area contributed by atoms with Gasteiger partial charge in [-0.25, -0.2) is 9.59 Å². The molecule has 0 aromatic rings. The molecule has 0 aliphatic carbocycles. The lowest BCUT2D eigenvalue weighted by Gasteiger charge is -2.24. The predicted octanol–water partition coefficient (Wildman–Crippen LogP) is 1.16. The van der Waals surface area contributed by atoms with E-state index in [2.05, 4.69) is 5.32 Å². The largest absolute Gasteiger partial charge is 0.480 e. The number of carboxylic acid groups (broad SMARTS) is 1. The molecular formula is C12H24N2O4. The van der Waals surface area contributed by atoms with Gasteiger partial charge in [0.15, 0.2) is 0 Å². The van der Waals surface area contributed by atoms with E-state index in [-0.39, 0.29) is 11.9 Å². The third kappa shape index (κ3) is 5.86. The number of nitrogens with zero attached hydrogens (tertiary/aromatic N) is 1. The van der Waals surface area contributed by atoms with Gasteiger partial charge >= 0.3 is 12.0 Å². The molecule has 0 fully saturated rings. The minimum Gasteiger partial charge on any atom is -0.480 e. The second-order valence-electron chi connectivity index (χ2n) is 4.27. The zero-order chi connectivity index (χ0) is 14.1. The molecule has 18 heavy (non-hydrogen) atoms. The van der Waals surface area contributed by atoms with Crippen LogP contribution in [0, 0.1) is 5.92 Å². The molecule has 2 N–H and O–H groups in total. The summed E-state index contributed by atoms with van der Waals surface area (Å²) in [7, 11) is 1.61. The van der Waals surface area contributed by atoms with Crippen LogP contribution in [0.1, 0.15) is 27.2 Å². The van der Waals surface area contributed by atoms with Crippen LogP contribution < -0.4 is 5.32 Å². The Balaban J connectivity index is 4.28. The first-order chi connectivity index (χ1) is 8.43. The fourth-order valence-electron chi connectivity index (χ4n) is 1.37. The molecule has 0 aliphatic heterocycles. The summed E-state index contributed by atoms with van der Waals surface area (Å²) in [6.45, 7) is 7.06. The Kier molecular flexibility index (Phi) is 8.11. The van der Waals surface area contributed by atoms with Crippen LogP contribution in [0.4, 0.5) is 4.79 Å². The fourth-order valence-corrected chi connectivity index (χ4v) is 1.37. The molecule has 6 nitrogen and oxygen atoms in total. The molecule has 6 heteroatoms. The lowest BCUT2D eigenvalue weighted by Crippen LogP contribution is -2.50. The number of ether oxygens (including phenoxy) is 1. The van der Waals surface area contributed by atoms with Crippen LogP contribution in [0.2, 0.25) is 0 Å². The number of carbonyl (C=O) groups excluding carboxylic acids is 1. The Hall–Kier alpha value is -1.30. The van der Waals surface area contributed by atoms with Crippen LogP contribution in [-0.2, 0) is 9.53 Å². The van der Waals surface area contributed by atoms with Gasteiger partial charge < -0.3 is 20.1 Å². The normalized spacial score (nSPS) is 13.8. The van der Waals surface area contributed by atoms with Gasteiger partial charge in [0.1, 0.15) is 6.04 Å². The third-order valence-electron chi connectivity index (χ3n) is 2.88. The maximum atomic E-state index is 11.8. The van der Waals surface area contributed by atoms with Crippen molar-refractivity contribution < 1.29 is 19.4 Å². The molecule has 1 unspecified atom stereocenters. The summed E-state index contributed by atoms with van der Waals surface area (Å²) in [4.78, 5) is 24.3. The van der Waals surface area contributed by atoms with Gasteiger partial charge in [-0.3, -0.25) is 0 Å². The van der Waals surface area contributed by atoms with E-state index in [1.54, 1.807) is 14.0 Å². The van der Waals surface area contributed by atoms with E-state index in [4.69, 9.17) is 9.84 Å². The SMILES string of the molecule is CCOCCN(C)C(=O)N[C@H](C(=O)O)C(C)CC. The summed E-state index contributed by atoms with van der Waals surface area (Å²) in [6, 6.07) is -1.24. The van der Waals surface area contributed by atoms with Crippen molar-refractivity contribution in [2.45, 2.75) is 33.2 Å². The maximum absolute atomic E-state index is 11.8. The molecule has 2 amide bonds. The summed E-state index contributed by atoms with van der Waals surface area (Å²) in [5, 5.41) is 11.6. The number of nitrogens with one attached hydrogen (secondary N) is 1. The van der Waals surface area contributed by atoms with Crippen molar-refractivity contribution in [2.75, 3.05) is 26.8 Å². The molecule has 0 rings (SSSR count). The molecule has 0 spiro atoms. The second-order valence-corrected chi connectivity index (χ2v) is 4.27. The van der Waals surface area contributed by atoms with Crippen molar-refractivity contribution in [3.63, 3.8) is 0 Å². The Labute approximate surface area is 108 Å². The van der Waals surface area contributed by atoms with Gasteiger partial charge in [0.25, 0.3) is 0 Å². The lowest BCUT2D eigenvalue weighted by atomic mass is 9.99. The fraction of sp³-hybridized carbons (Fsp3) is 0.833. The van der Waals surface area contributed by atoms with Gasteiger partial charge in [-0.2, -0.15) is 0 Å². The molecule has 0 aliphatic rings. The van der Waals surface area contributed by atoms with E-state index in [9.17, 15) is 9.59 Å². The molecule has 0 radical (unpaired) electrons. The number of carbonyl (C=O) groups is 2. The average Bonchev–Trinajstić information content (AvgIpc) is 2.34. The van der Waals surface area contributed by atoms with Gasteiger partial charge in [0.2, 0.25) is 0 Å². The van der Waals surface area contributed by atoms with Crippen LogP contribution >= 0.6 is 0 Å². The highest BCUT2D eigenvalue weighted by atomic mass is 16.5. The van der Waals surface area contributed by atoms with E-state index in [1.165, 1.54) is 4.90 Å². The quantitative estimate of drug-likeness (QED) is 0.642.